The molecule has 2 heteroatoms. The molecule has 2 nitrogen and oxygen atoms in total. The predicted molar refractivity (Wildman–Crippen MR) is 85.3 cm³/mol. The van der Waals surface area contributed by atoms with Crippen LogP contribution in [0.5, 0.6) is 5.75 Å². The molecule has 0 radical (unpaired) electrons. The summed E-state index contributed by atoms with van der Waals surface area (Å²) in [5.74, 6) is 1.94. The van der Waals surface area contributed by atoms with Crippen LogP contribution < -0.4 is 10.1 Å². The van der Waals surface area contributed by atoms with Gasteiger partial charge in [-0.15, -0.1) is 0 Å². The normalized spacial score (nSPS) is 17.4. The Hall–Kier alpha value is -1.02. The maximum Gasteiger partial charge on any atom is 0.124 e. The largest absolute Gasteiger partial charge is 0.494 e. The molecule has 1 atom stereocenters. The van der Waals surface area contributed by atoms with Crippen LogP contribution in [-0.2, 0) is 0 Å². The molecule has 1 fully saturated rings. The quantitative estimate of drug-likeness (QED) is 0.783. The van der Waals surface area contributed by atoms with Crippen molar-refractivity contribution in [1.82, 2.24) is 5.32 Å². The molecule has 1 aliphatic rings. The van der Waals surface area contributed by atoms with E-state index in [0.29, 0.717) is 6.04 Å². The highest BCUT2D eigenvalue weighted by molar-refractivity contribution is 5.39. The maximum absolute atomic E-state index is 5.84. The van der Waals surface area contributed by atoms with Gasteiger partial charge in [0.1, 0.15) is 5.75 Å². The molecule has 1 aliphatic carbocycles. The third-order valence-corrected chi connectivity index (χ3v) is 4.33. The van der Waals surface area contributed by atoms with Crippen molar-refractivity contribution in [2.75, 3.05) is 13.2 Å². The van der Waals surface area contributed by atoms with E-state index >= 15 is 0 Å². The van der Waals surface area contributed by atoms with Gasteiger partial charge < -0.3 is 10.1 Å². The number of hydrogen-bond acceptors (Lipinski definition) is 2. The van der Waals surface area contributed by atoms with Crippen LogP contribution in [0.1, 0.15) is 63.1 Å². The molecular weight excluding hydrogens is 246 g/mol. The van der Waals surface area contributed by atoms with Crippen LogP contribution in [0.3, 0.4) is 0 Å². The Morgan fingerprint density at radius 1 is 1.25 bits per heavy atom. The molecule has 1 saturated carbocycles. The molecule has 0 heterocycles. The molecule has 20 heavy (non-hydrogen) atoms. The van der Waals surface area contributed by atoms with Gasteiger partial charge in [-0.05, 0) is 38.8 Å². The summed E-state index contributed by atoms with van der Waals surface area (Å²) in [6.45, 7) is 8.16. The Kier molecular flexibility index (Phi) is 5.90. The maximum atomic E-state index is 5.84. The first-order valence-corrected chi connectivity index (χ1v) is 8.21. The molecule has 2 rings (SSSR count). The summed E-state index contributed by atoms with van der Waals surface area (Å²) in [6, 6.07) is 7.01. The van der Waals surface area contributed by atoms with Crippen LogP contribution >= 0.6 is 0 Å². The molecule has 0 aliphatic heterocycles. The zero-order valence-electron chi connectivity index (χ0n) is 13.2. The van der Waals surface area contributed by atoms with Gasteiger partial charge in [-0.2, -0.15) is 0 Å². The van der Waals surface area contributed by atoms with Crippen molar-refractivity contribution in [3.8, 4) is 5.75 Å². The molecule has 112 valence electrons. The van der Waals surface area contributed by atoms with Crippen molar-refractivity contribution >= 4 is 0 Å². The highest BCUT2D eigenvalue weighted by Crippen LogP contribution is 2.36. The number of hydrogen-bond donors (Lipinski definition) is 1. The molecule has 0 aromatic heterocycles. The van der Waals surface area contributed by atoms with E-state index in [0.717, 1.165) is 24.8 Å². The minimum Gasteiger partial charge on any atom is -0.494 e. The minimum atomic E-state index is 0.435. The van der Waals surface area contributed by atoms with E-state index in [1.165, 1.54) is 43.2 Å². The van der Waals surface area contributed by atoms with Crippen molar-refractivity contribution in [3.63, 3.8) is 0 Å². The molecule has 0 amide bonds. The van der Waals surface area contributed by atoms with Gasteiger partial charge in [0.05, 0.1) is 6.61 Å². The van der Waals surface area contributed by atoms with Crippen molar-refractivity contribution in [2.24, 2.45) is 5.92 Å². The zero-order valence-corrected chi connectivity index (χ0v) is 13.2. The van der Waals surface area contributed by atoms with Crippen molar-refractivity contribution < 1.29 is 4.74 Å². The highest BCUT2D eigenvalue weighted by atomic mass is 16.5. The zero-order chi connectivity index (χ0) is 14.4. The fourth-order valence-corrected chi connectivity index (χ4v) is 3.37. The molecule has 1 N–H and O–H groups in total. The number of benzene rings is 1. The Balaban J connectivity index is 2.19. The first-order valence-electron chi connectivity index (χ1n) is 8.21. The first-order chi connectivity index (χ1) is 9.74. The molecule has 1 aromatic carbocycles. The van der Waals surface area contributed by atoms with Crippen LogP contribution in [0.25, 0.3) is 0 Å². The third-order valence-electron chi connectivity index (χ3n) is 4.33. The fourth-order valence-electron chi connectivity index (χ4n) is 3.37. The molecule has 1 unspecified atom stereocenters. The number of ether oxygens (including phenoxy) is 1. The molecule has 0 saturated heterocycles. The van der Waals surface area contributed by atoms with Gasteiger partial charge in [0.2, 0.25) is 0 Å². The summed E-state index contributed by atoms with van der Waals surface area (Å²) < 4.78 is 5.84. The van der Waals surface area contributed by atoms with Gasteiger partial charge in [-0.3, -0.25) is 0 Å². The number of rotatable bonds is 7. The van der Waals surface area contributed by atoms with Gasteiger partial charge in [0, 0.05) is 11.6 Å². The molecular formula is C18H29NO. The summed E-state index contributed by atoms with van der Waals surface area (Å²) in [5.41, 5.74) is 2.67. The minimum absolute atomic E-state index is 0.435. The summed E-state index contributed by atoms with van der Waals surface area (Å²) >= 11 is 0. The summed E-state index contributed by atoms with van der Waals surface area (Å²) in [7, 11) is 0. The van der Waals surface area contributed by atoms with E-state index in [-0.39, 0.29) is 0 Å². The second-order valence-electron chi connectivity index (χ2n) is 5.97. The Morgan fingerprint density at radius 2 is 2.00 bits per heavy atom. The van der Waals surface area contributed by atoms with Gasteiger partial charge in [0.15, 0.2) is 0 Å². The lowest BCUT2D eigenvalue weighted by Crippen LogP contribution is -2.23. The van der Waals surface area contributed by atoms with E-state index in [2.05, 4.69) is 44.3 Å². The summed E-state index contributed by atoms with van der Waals surface area (Å²) in [4.78, 5) is 0. The Morgan fingerprint density at radius 3 is 2.65 bits per heavy atom. The molecule has 1 aromatic rings. The number of aryl methyl sites for hydroxylation is 1. The van der Waals surface area contributed by atoms with Crippen LogP contribution in [0.2, 0.25) is 0 Å². The molecule has 0 bridgehead atoms. The van der Waals surface area contributed by atoms with Crippen LogP contribution in [0.15, 0.2) is 18.2 Å². The summed E-state index contributed by atoms with van der Waals surface area (Å²) in [5, 5.41) is 3.67. The monoisotopic (exact) mass is 275 g/mol. The van der Waals surface area contributed by atoms with Gasteiger partial charge >= 0.3 is 0 Å². The Labute approximate surface area is 123 Å². The lowest BCUT2D eigenvalue weighted by Gasteiger charge is -2.24. The van der Waals surface area contributed by atoms with Crippen LogP contribution in [0.4, 0.5) is 0 Å². The van der Waals surface area contributed by atoms with Gasteiger partial charge in [-0.25, -0.2) is 0 Å². The topological polar surface area (TPSA) is 21.3 Å². The smallest absolute Gasteiger partial charge is 0.124 e. The van der Waals surface area contributed by atoms with Crippen LogP contribution in [0, 0.1) is 12.8 Å². The summed E-state index contributed by atoms with van der Waals surface area (Å²) in [6.07, 6.45) is 6.87. The van der Waals surface area contributed by atoms with Gasteiger partial charge in [0.25, 0.3) is 0 Å². The fraction of sp³-hybridized carbons (Fsp3) is 0.667. The third kappa shape index (κ3) is 3.99. The van der Waals surface area contributed by atoms with Crippen molar-refractivity contribution in [1.29, 1.82) is 0 Å². The lowest BCUT2D eigenvalue weighted by atomic mass is 9.92. The SMILES string of the molecule is CCNC(CC1CCCC1)c1cc(C)ccc1OCC. The van der Waals surface area contributed by atoms with E-state index in [1.54, 1.807) is 0 Å². The first kappa shape index (κ1) is 15.4. The second kappa shape index (κ2) is 7.68. The number of nitrogens with one attached hydrogen (secondary N) is 1. The van der Waals surface area contributed by atoms with E-state index < -0.39 is 0 Å². The standard InChI is InChI=1S/C18H29NO/c1-4-19-17(13-15-8-6-7-9-15)16-12-14(3)10-11-18(16)20-5-2/h10-12,15,17,19H,4-9,13H2,1-3H3. The van der Waals surface area contributed by atoms with Crippen molar-refractivity contribution in [3.05, 3.63) is 29.3 Å². The van der Waals surface area contributed by atoms with Gasteiger partial charge in [-0.1, -0.05) is 50.3 Å². The average molecular weight is 275 g/mol. The lowest BCUT2D eigenvalue weighted by molar-refractivity contribution is 0.324. The molecule has 0 spiro atoms. The highest BCUT2D eigenvalue weighted by Gasteiger charge is 2.23. The second-order valence-corrected chi connectivity index (χ2v) is 5.97. The van der Waals surface area contributed by atoms with Crippen molar-refractivity contribution in [2.45, 2.75) is 58.9 Å². The van der Waals surface area contributed by atoms with E-state index in [1.807, 2.05) is 0 Å². The average Bonchev–Trinajstić information content (AvgIpc) is 2.93. The Bertz CT molecular complexity index is 410. The van der Waals surface area contributed by atoms with Crippen LogP contribution in [-0.4, -0.2) is 13.2 Å². The predicted octanol–water partition coefficient (Wildman–Crippen LogP) is 4.62. The van der Waals surface area contributed by atoms with E-state index in [9.17, 15) is 0 Å². The van der Waals surface area contributed by atoms with E-state index in [4.69, 9.17) is 4.74 Å².